The smallest absolute Gasteiger partial charge is 0.328 e. The number of nitrogens with zero attached hydrogens (tertiary/aromatic N) is 4. The number of carbonyl (C=O) groups is 2. The Morgan fingerprint density at radius 3 is 2.86 bits per heavy atom. The summed E-state index contributed by atoms with van der Waals surface area (Å²) in [6, 6.07) is 4.64. The van der Waals surface area contributed by atoms with Gasteiger partial charge in [0.05, 0.1) is 10.7 Å². The highest BCUT2D eigenvalue weighted by molar-refractivity contribution is 6.35. The molecule has 0 aliphatic heterocycles. The fourth-order valence-corrected chi connectivity index (χ4v) is 1.84. The van der Waals surface area contributed by atoms with E-state index in [0.717, 1.165) is 0 Å². The fourth-order valence-electron chi connectivity index (χ4n) is 1.50. The summed E-state index contributed by atoms with van der Waals surface area (Å²) in [7, 11) is 0. The number of halogens is 2. The van der Waals surface area contributed by atoms with Crippen molar-refractivity contribution < 1.29 is 14.3 Å². The van der Waals surface area contributed by atoms with Crippen LogP contribution in [-0.2, 0) is 20.9 Å². The molecule has 22 heavy (non-hydrogen) atoms. The second kappa shape index (κ2) is 7.19. The second-order valence-electron chi connectivity index (χ2n) is 4.25. The van der Waals surface area contributed by atoms with Crippen molar-refractivity contribution in [3.8, 4) is 0 Å². The molecule has 10 heteroatoms. The molecule has 0 radical (unpaired) electrons. The number of rotatable bonds is 5. The number of hydrogen-bond acceptors (Lipinski definition) is 6. The van der Waals surface area contributed by atoms with Crippen molar-refractivity contribution >= 4 is 40.8 Å². The topological polar surface area (TPSA) is 99.0 Å². The maximum Gasteiger partial charge on any atom is 0.328 e. The van der Waals surface area contributed by atoms with Crippen LogP contribution in [0.2, 0.25) is 10.0 Å². The number of esters is 1. The van der Waals surface area contributed by atoms with Gasteiger partial charge in [-0.05, 0) is 35.5 Å². The number of benzene rings is 1. The molecule has 1 aromatic carbocycles. The summed E-state index contributed by atoms with van der Waals surface area (Å²) < 4.78 is 6.17. The van der Waals surface area contributed by atoms with Crippen LogP contribution in [0.25, 0.3) is 0 Å². The number of nitrogens with one attached hydrogen (secondary N) is 1. The van der Waals surface area contributed by atoms with E-state index in [1.54, 1.807) is 12.1 Å². The molecule has 0 aliphatic carbocycles. The molecule has 1 amide bonds. The Morgan fingerprint density at radius 1 is 1.41 bits per heavy atom. The summed E-state index contributed by atoms with van der Waals surface area (Å²) in [6.07, 6.45) is 0.247. The van der Waals surface area contributed by atoms with Crippen LogP contribution in [0.5, 0.6) is 0 Å². The van der Waals surface area contributed by atoms with E-state index in [9.17, 15) is 9.59 Å². The van der Waals surface area contributed by atoms with Gasteiger partial charge < -0.3 is 10.1 Å². The highest BCUT2D eigenvalue weighted by Gasteiger charge is 2.19. The SMILES string of the molecule is CC(OC(=O)Cn1cnnn1)C(=O)Nc1cc(Cl)ccc1Cl. The third-order valence-corrected chi connectivity index (χ3v) is 3.11. The lowest BCUT2D eigenvalue weighted by molar-refractivity contribution is -0.153. The highest BCUT2D eigenvalue weighted by atomic mass is 35.5. The van der Waals surface area contributed by atoms with E-state index in [2.05, 4.69) is 20.8 Å². The number of ether oxygens (including phenoxy) is 1. The molecule has 2 rings (SSSR count). The minimum Gasteiger partial charge on any atom is -0.451 e. The molecule has 8 nitrogen and oxygen atoms in total. The molecule has 1 aromatic heterocycles. The Kier molecular flexibility index (Phi) is 5.29. The van der Waals surface area contributed by atoms with Crippen molar-refractivity contribution in [2.75, 3.05) is 5.32 Å². The monoisotopic (exact) mass is 343 g/mol. The van der Waals surface area contributed by atoms with Gasteiger partial charge >= 0.3 is 5.97 Å². The Morgan fingerprint density at radius 2 is 2.18 bits per heavy atom. The summed E-state index contributed by atoms with van der Waals surface area (Å²) in [6.45, 7) is 1.24. The minimum atomic E-state index is -1.01. The Hall–Kier alpha value is -2.19. The van der Waals surface area contributed by atoms with Gasteiger partial charge in [0.1, 0.15) is 12.9 Å². The van der Waals surface area contributed by atoms with E-state index in [0.29, 0.717) is 15.7 Å². The molecule has 1 atom stereocenters. The molecular formula is C12H11Cl2N5O3. The lowest BCUT2D eigenvalue weighted by Crippen LogP contribution is -2.31. The van der Waals surface area contributed by atoms with Gasteiger partial charge in [-0.1, -0.05) is 23.2 Å². The number of anilines is 1. The first-order chi connectivity index (χ1) is 10.5. The van der Waals surface area contributed by atoms with Crippen molar-refractivity contribution in [1.82, 2.24) is 20.2 Å². The quantitative estimate of drug-likeness (QED) is 0.827. The second-order valence-corrected chi connectivity index (χ2v) is 5.10. The molecule has 0 aliphatic rings. The summed E-state index contributed by atoms with van der Waals surface area (Å²) in [5, 5.41) is 13.6. The largest absolute Gasteiger partial charge is 0.451 e. The average molecular weight is 344 g/mol. The summed E-state index contributed by atoms with van der Waals surface area (Å²) >= 11 is 11.8. The third kappa shape index (κ3) is 4.40. The summed E-state index contributed by atoms with van der Waals surface area (Å²) in [4.78, 5) is 23.6. The predicted octanol–water partition coefficient (Wildman–Crippen LogP) is 1.55. The van der Waals surface area contributed by atoms with Crippen molar-refractivity contribution in [2.45, 2.75) is 19.6 Å². The summed E-state index contributed by atoms with van der Waals surface area (Å²) in [5.41, 5.74) is 0.336. The molecule has 116 valence electrons. The van der Waals surface area contributed by atoms with Crippen molar-refractivity contribution in [2.24, 2.45) is 0 Å². The Bertz CT molecular complexity index is 677. The van der Waals surface area contributed by atoms with Gasteiger partial charge in [-0.2, -0.15) is 0 Å². The molecule has 1 heterocycles. The van der Waals surface area contributed by atoms with Crippen LogP contribution in [0.1, 0.15) is 6.92 Å². The third-order valence-electron chi connectivity index (χ3n) is 2.55. The molecule has 1 N–H and O–H groups in total. The lowest BCUT2D eigenvalue weighted by Gasteiger charge is -2.14. The molecule has 0 saturated carbocycles. The van der Waals surface area contributed by atoms with Crippen LogP contribution < -0.4 is 5.32 Å². The molecule has 0 fully saturated rings. The Labute approximate surface area is 135 Å². The number of amides is 1. The fraction of sp³-hybridized carbons (Fsp3) is 0.250. The maximum atomic E-state index is 12.0. The zero-order chi connectivity index (χ0) is 16.1. The van der Waals surface area contributed by atoms with Gasteiger partial charge in [0.2, 0.25) is 0 Å². The van der Waals surface area contributed by atoms with E-state index < -0.39 is 18.0 Å². The van der Waals surface area contributed by atoms with E-state index in [4.69, 9.17) is 27.9 Å². The zero-order valence-corrected chi connectivity index (χ0v) is 12.9. The van der Waals surface area contributed by atoms with Gasteiger partial charge in [0.25, 0.3) is 5.91 Å². The van der Waals surface area contributed by atoms with Crippen LogP contribution in [0, 0.1) is 0 Å². The van der Waals surface area contributed by atoms with Crippen LogP contribution >= 0.6 is 23.2 Å². The van der Waals surface area contributed by atoms with Gasteiger partial charge in [-0.15, -0.1) is 5.10 Å². The lowest BCUT2D eigenvalue weighted by atomic mass is 10.3. The number of carbonyl (C=O) groups excluding carboxylic acids is 2. The number of aromatic nitrogens is 4. The van der Waals surface area contributed by atoms with Gasteiger partial charge in [0.15, 0.2) is 6.10 Å². The molecule has 2 aromatic rings. The van der Waals surface area contributed by atoms with Crippen molar-refractivity contribution in [3.05, 3.63) is 34.6 Å². The van der Waals surface area contributed by atoms with Crippen LogP contribution in [0.4, 0.5) is 5.69 Å². The van der Waals surface area contributed by atoms with Crippen LogP contribution in [0.15, 0.2) is 24.5 Å². The average Bonchev–Trinajstić information content (AvgIpc) is 2.95. The molecule has 0 bridgehead atoms. The maximum absolute atomic E-state index is 12.0. The van der Waals surface area contributed by atoms with Crippen LogP contribution in [-0.4, -0.2) is 38.2 Å². The van der Waals surface area contributed by atoms with E-state index in [-0.39, 0.29) is 6.54 Å². The van der Waals surface area contributed by atoms with Gasteiger partial charge in [-0.3, -0.25) is 9.59 Å². The predicted molar refractivity (Wildman–Crippen MR) is 78.5 cm³/mol. The van der Waals surface area contributed by atoms with E-state index in [1.165, 1.54) is 24.0 Å². The van der Waals surface area contributed by atoms with Crippen LogP contribution in [0.3, 0.4) is 0 Å². The molecule has 0 spiro atoms. The Balaban J connectivity index is 1.91. The first-order valence-corrected chi connectivity index (χ1v) is 6.87. The standard InChI is InChI=1S/C12H11Cl2N5O3/c1-7(22-11(20)5-19-6-15-17-18-19)12(21)16-10-4-8(13)2-3-9(10)14/h2-4,6-7H,5H2,1H3,(H,16,21). The van der Waals surface area contributed by atoms with E-state index in [1.807, 2.05) is 0 Å². The van der Waals surface area contributed by atoms with Gasteiger partial charge in [0, 0.05) is 5.02 Å². The molecule has 1 unspecified atom stereocenters. The van der Waals surface area contributed by atoms with Crippen molar-refractivity contribution in [3.63, 3.8) is 0 Å². The van der Waals surface area contributed by atoms with Crippen molar-refractivity contribution in [1.29, 1.82) is 0 Å². The minimum absolute atomic E-state index is 0.192. The highest BCUT2D eigenvalue weighted by Crippen LogP contribution is 2.25. The first-order valence-electron chi connectivity index (χ1n) is 6.12. The van der Waals surface area contributed by atoms with Gasteiger partial charge in [-0.25, -0.2) is 4.68 Å². The first kappa shape index (κ1) is 16.2. The number of tetrazole rings is 1. The molecular weight excluding hydrogens is 333 g/mol. The molecule has 0 saturated heterocycles. The normalized spacial score (nSPS) is 11.8. The zero-order valence-electron chi connectivity index (χ0n) is 11.4. The van der Waals surface area contributed by atoms with E-state index >= 15 is 0 Å². The number of hydrogen-bond donors (Lipinski definition) is 1. The summed E-state index contributed by atoms with van der Waals surface area (Å²) in [5.74, 6) is -1.18.